The van der Waals surface area contributed by atoms with Gasteiger partial charge in [0.05, 0.1) is 26.4 Å². The lowest BCUT2D eigenvalue weighted by molar-refractivity contribution is -0.123. The first-order chi connectivity index (χ1) is 13.2. The highest BCUT2D eigenvalue weighted by atomic mass is 16.5. The van der Waals surface area contributed by atoms with Crippen molar-refractivity contribution in [2.24, 2.45) is 0 Å². The van der Waals surface area contributed by atoms with E-state index in [1.165, 1.54) is 0 Å². The minimum Gasteiger partial charge on any atom is -0.493 e. The van der Waals surface area contributed by atoms with Gasteiger partial charge in [-0.05, 0) is 31.2 Å². The molecule has 27 heavy (non-hydrogen) atoms. The number of carbonyl (C=O) groups is 1. The first-order valence-electron chi connectivity index (χ1n) is 9.08. The number of para-hydroxylation sites is 2. The highest BCUT2D eigenvalue weighted by Crippen LogP contribution is 2.26. The molecular formula is C20H26N2O5. The van der Waals surface area contributed by atoms with Crippen molar-refractivity contribution >= 4 is 5.91 Å². The van der Waals surface area contributed by atoms with Crippen LogP contribution in [0.3, 0.4) is 0 Å². The Bertz CT molecular complexity index is 739. The summed E-state index contributed by atoms with van der Waals surface area (Å²) in [5.41, 5.74) is 0. The molecule has 0 aliphatic carbocycles. The average molecular weight is 374 g/mol. The molecule has 7 nitrogen and oxygen atoms in total. The van der Waals surface area contributed by atoms with Crippen molar-refractivity contribution in [3.8, 4) is 11.5 Å². The SMILES string of the molecule is COc1ccccc1OCC(=O)NCC(c1ccc(C)o1)N1CCOCC1. The van der Waals surface area contributed by atoms with E-state index in [2.05, 4.69) is 10.2 Å². The molecule has 7 heteroatoms. The van der Waals surface area contributed by atoms with E-state index in [9.17, 15) is 4.79 Å². The quantitative estimate of drug-likeness (QED) is 0.763. The molecule has 1 N–H and O–H groups in total. The van der Waals surface area contributed by atoms with Gasteiger partial charge < -0.3 is 23.9 Å². The summed E-state index contributed by atoms with van der Waals surface area (Å²) in [6.07, 6.45) is 0. The standard InChI is InChI=1S/C20H26N2O5/c1-15-7-8-17(27-15)16(22-9-11-25-12-10-22)13-21-20(23)14-26-19-6-4-3-5-18(19)24-2/h3-8,16H,9-14H2,1-2H3,(H,21,23). The lowest BCUT2D eigenvalue weighted by atomic mass is 10.1. The van der Waals surface area contributed by atoms with E-state index in [-0.39, 0.29) is 18.6 Å². The fourth-order valence-corrected chi connectivity index (χ4v) is 3.07. The fourth-order valence-electron chi connectivity index (χ4n) is 3.07. The maximum absolute atomic E-state index is 12.3. The van der Waals surface area contributed by atoms with Crippen LogP contribution >= 0.6 is 0 Å². The molecule has 3 rings (SSSR count). The molecule has 1 aliphatic rings. The summed E-state index contributed by atoms with van der Waals surface area (Å²) in [5.74, 6) is 2.65. The zero-order valence-electron chi connectivity index (χ0n) is 15.8. The van der Waals surface area contributed by atoms with Gasteiger partial charge >= 0.3 is 0 Å². The van der Waals surface area contributed by atoms with Crippen LogP contribution in [0.15, 0.2) is 40.8 Å². The van der Waals surface area contributed by atoms with Crippen molar-refractivity contribution < 1.29 is 23.4 Å². The van der Waals surface area contributed by atoms with Crippen LogP contribution in [0.4, 0.5) is 0 Å². The number of ether oxygens (including phenoxy) is 3. The Balaban J connectivity index is 1.56. The Morgan fingerprint density at radius 2 is 1.93 bits per heavy atom. The topological polar surface area (TPSA) is 73.2 Å². The first-order valence-corrected chi connectivity index (χ1v) is 9.08. The van der Waals surface area contributed by atoms with Crippen LogP contribution in [0.25, 0.3) is 0 Å². The summed E-state index contributed by atoms with van der Waals surface area (Å²) >= 11 is 0. The summed E-state index contributed by atoms with van der Waals surface area (Å²) in [4.78, 5) is 14.6. The predicted octanol–water partition coefficient (Wildman–Crippen LogP) is 2.17. The molecule has 1 amide bonds. The lowest BCUT2D eigenvalue weighted by Crippen LogP contribution is -2.44. The maximum Gasteiger partial charge on any atom is 0.258 e. The molecule has 1 aromatic carbocycles. The van der Waals surface area contributed by atoms with Gasteiger partial charge in [-0.2, -0.15) is 0 Å². The van der Waals surface area contributed by atoms with Crippen molar-refractivity contribution in [3.63, 3.8) is 0 Å². The van der Waals surface area contributed by atoms with Gasteiger partial charge in [0.2, 0.25) is 0 Å². The second-order valence-electron chi connectivity index (χ2n) is 6.36. The van der Waals surface area contributed by atoms with Gasteiger partial charge in [0.15, 0.2) is 18.1 Å². The van der Waals surface area contributed by atoms with Gasteiger partial charge in [-0.25, -0.2) is 0 Å². The van der Waals surface area contributed by atoms with Crippen molar-refractivity contribution in [2.75, 3.05) is 46.6 Å². The van der Waals surface area contributed by atoms with E-state index in [4.69, 9.17) is 18.6 Å². The third-order valence-electron chi connectivity index (χ3n) is 4.50. The molecule has 0 bridgehead atoms. The summed E-state index contributed by atoms with van der Waals surface area (Å²) < 4.78 is 22.1. The van der Waals surface area contributed by atoms with Crippen molar-refractivity contribution in [3.05, 3.63) is 47.9 Å². The Morgan fingerprint density at radius 1 is 1.19 bits per heavy atom. The molecule has 1 atom stereocenters. The van der Waals surface area contributed by atoms with Crippen LogP contribution in [-0.2, 0) is 9.53 Å². The van der Waals surface area contributed by atoms with E-state index in [1.807, 2.05) is 31.2 Å². The van der Waals surface area contributed by atoms with Gasteiger partial charge in [0, 0.05) is 19.6 Å². The third-order valence-corrected chi connectivity index (χ3v) is 4.50. The monoisotopic (exact) mass is 374 g/mol. The van der Waals surface area contributed by atoms with Crippen LogP contribution in [-0.4, -0.2) is 57.4 Å². The predicted molar refractivity (Wildman–Crippen MR) is 100 cm³/mol. The van der Waals surface area contributed by atoms with Crippen LogP contribution in [0.2, 0.25) is 0 Å². The molecular weight excluding hydrogens is 348 g/mol. The molecule has 0 spiro atoms. The van der Waals surface area contributed by atoms with Gasteiger partial charge in [-0.1, -0.05) is 12.1 Å². The number of amides is 1. The molecule has 2 aromatic rings. The molecule has 146 valence electrons. The number of nitrogens with zero attached hydrogens (tertiary/aromatic N) is 1. The van der Waals surface area contributed by atoms with Gasteiger partial charge in [0.1, 0.15) is 11.5 Å². The Hall–Kier alpha value is -2.51. The minimum atomic E-state index is -0.192. The molecule has 0 saturated carbocycles. The van der Waals surface area contributed by atoms with E-state index in [1.54, 1.807) is 19.2 Å². The van der Waals surface area contributed by atoms with E-state index in [0.29, 0.717) is 31.3 Å². The van der Waals surface area contributed by atoms with Crippen molar-refractivity contribution in [2.45, 2.75) is 13.0 Å². The maximum atomic E-state index is 12.3. The number of furan rings is 1. The number of aryl methyl sites for hydroxylation is 1. The van der Waals surface area contributed by atoms with Crippen molar-refractivity contribution in [1.82, 2.24) is 10.2 Å². The number of nitrogens with one attached hydrogen (secondary N) is 1. The number of morpholine rings is 1. The molecule has 1 aromatic heterocycles. The largest absolute Gasteiger partial charge is 0.493 e. The molecule has 1 saturated heterocycles. The summed E-state index contributed by atoms with van der Waals surface area (Å²) in [5, 5.41) is 2.95. The summed E-state index contributed by atoms with van der Waals surface area (Å²) in [6.45, 7) is 5.26. The van der Waals surface area contributed by atoms with E-state index < -0.39 is 0 Å². The Kier molecular flexibility index (Phi) is 6.73. The normalized spacial score (nSPS) is 15.9. The second kappa shape index (κ2) is 9.43. The van der Waals surface area contributed by atoms with Gasteiger partial charge in [0.25, 0.3) is 5.91 Å². The number of rotatable bonds is 8. The van der Waals surface area contributed by atoms with Crippen LogP contribution in [0.5, 0.6) is 11.5 Å². The number of carbonyl (C=O) groups excluding carboxylic acids is 1. The highest BCUT2D eigenvalue weighted by molar-refractivity contribution is 5.77. The van der Waals surface area contributed by atoms with Gasteiger partial charge in [-0.3, -0.25) is 9.69 Å². The number of hydrogen-bond donors (Lipinski definition) is 1. The zero-order valence-corrected chi connectivity index (χ0v) is 15.8. The molecule has 2 heterocycles. The van der Waals surface area contributed by atoms with Crippen LogP contribution in [0.1, 0.15) is 17.6 Å². The summed E-state index contributed by atoms with van der Waals surface area (Å²) in [6, 6.07) is 11.1. The van der Waals surface area contributed by atoms with Crippen LogP contribution < -0.4 is 14.8 Å². The van der Waals surface area contributed by atoms with E-state index >= 15 is 0 Å². The average Bonchev–Trinajstić information content (AvgIpc) is 3.13. The van der Waals surface area contributed by atoms with Gasteiger partial charge in [-0.15, -0.1) is 0 Å². The summed E-state index contributed by atoms with van der Waals surface area (Å²) in [7, 11) is 1.57. The van der Waals surface area contributed by atoms with E-state index in [0.717, 1.165) is 24.6 Å². The second-order valence-corrected chi connectivity index (χ2v) is 6.36. The van der Waals surface area contributed by atoms with Crippen LogP contribution in [0, 0.1) is 6.92 Å². The minimum absolute atomic E-state index is 0.0298. The number of benzene rings is 1. The third kappa shape index (κ3) is 5.24. The lowest BCUT2D eigenvalue weighted by Gasteiger charge is -2.33. The molecule has 1 fully saturated rings. The van der Waals surface area contributed by atoms with Crippen molar-refractivity contribution in [1.29, 1.82) is 0 Å². The Labute approximate surface area is 159 Å². The Morgan fingerprint density at radius 3 is 2.59 bits per heavy atom. The zero-order chi connectivity index (χ0) is 19.1. The first kappa shape index (κ1) is 19.3. The highest BCUT2D eigenvalue weighted by Gasteiger charge is 2.25. The molecule has 1 aliphatic heterocycles. The molecule has 1 unspecified atom stereocenters. The number of methoxy groups -OCH3 is 1. The molecule has 0 radical (unpaired) electrons. The fraction of sp³-hybridized carbons (Fsp3) is 0.450. The number of hydrogen-bond acceptors (Lipinski definition) is 6. The smallest absolute Gasteiger partial charge is 0.258 e.